The molecule has 0 aliphatic carbocycles. The van der Waals surface area contributed by atoms with Crippen molar-refractivity contribution in [2.45, 2.75) is 168 Å². The van der Waals surface area contributed by atoms with Gasteiger partial charge in [0.2, 0.25) is 0 Å². The number of aliphatic hydroxyl groups excluding tert-OH is 1. The number of unbranched alkanes of at least 4 members (excludes halogenated alkanes) is 11. The van der Waals surface area contributed by atoms with Crippen molar-refractivity contribution in [3.63, 3.8) is 0 Å². The van der Waals surface area contributed by atoms with Crippen molar-refractivity contribution < 1.29 is 47.1 Å². The number of aryl methyl sites for hydroxylation is 2. The first kappa shape index (κ1) is 52.2. The molecular formula is C45H76NO10P. The van der Waals surface area contributed by atoms with Crippen LogP contribution in [-0.4, -0.2) is 61.0 Å². The molecular weight excluding hydrogens is 745 g/mol. The van der Waals surface area contributed by atoms with E-state index in [9.17, 15) is 19.0 Å². The van der Waals surface area contributed by atoms with E-state index in [0.717, 1.165) is 108 Å². The lowest BCUT2D eigenvalue weighted by atomic mass is 10.0. The standard InChI is InChI=1S/C45H76NO10P/c1-4-30-42-39(2)40(3)43(56-42)31-26-22-18-15-16-20-24-28-33-45(49)55-41(38-54-57(50,51)53-36-34-46)37-52-44(48)32-27-23-19-14-12-10-8-6-5-7-9-11-13-17-21-25-29-35-47/h5,7-8,10-11,13-14,19,41,47H,4,6,9,12,15-18,20-38,46H2,1-3H3,(H,50,51)/b7-5-,10-8-,13-11-,19-14-/t41-/m1/s1. The Hall–Kier alpha value is -2.79. The monoisotopic (exact) mass is 822 g/mol. The number of allylic oxidation sites excluding steroid dienone is 8. The third-order valence-electron chi connectivity index (χ3n) is 9.45. The molecule has 0 aliphatic heterocycles. The number of hydrogen-bond acceptors (Lipinski definition) is 10. The van der Waals surface area contributed by atoms with E-state index < -0.39 is 32.5 Å². The van der Waals surface area contributed by atoms with Gasteiger partial charge in [-0.05, 0) is 95.6 Å². The first-order valence-electron chi connectivity index (χ1n) is 21.6. The van der Waals surface area contributed by atoms with E-state index in [-0.39, 0.29) is 39.2 Å². The topological polar surface area (TPSA) is 168 Å². The van der Waals surface area contributed by atoms with Crippen LogP contribution in [0.5, 0.6) is 0 Å². The van der Waals surface area contributed by atoms with E-state index in [1.54, 1.807) is 0 Å². The Balaban J connectivity index is 2.28. The summed E-state index contributed by atoms with van der Waals surface area (Å²) < 4.78 is 38.9. The molecule has 2 atom stereocenters. The average Bonchev–Trinajstić information content (AvgIpc) is 3.46. The zero-order valence-electron chi connectivity index (χ0n) is 35.5. The number of hydrogen-bond donors (Lipinski definition) is 3. The molecule has 0 radical (unpaired) electrons. The van der Waals surface area contributed by atoms with E-state index in [0.29, 0.717) is 19.3 Å². The molecule has 0 bridgehead atoms. The largest absolute Gasteiger partial charge is 0.472 e. The van der Waals surface area contributed by atoms with Gasteiger partial charge in [0.25, 0.3) is 0 Å². The molecule has 0 aromatic carbocycles. The Bertz CT molecular complexity index is 1350. The first-order valence-corrected chi connectivity index (χ1v) is 23.1. The smallest absolute Gasteiger partial charge is 0.466 e. The molecule has 0 aliphatic rings. The minimum atomic E-state index is -4.41. The number of aliphatic hydroxyl groups is 1. The maximum atomic E-state index is 12.6. The molecule has 1 rings (SSSR count). The summed E-state index contributed by atoms with van der Waals surface area (Å²) in [5.74, 6) is 1.34. The molecule has 4 N–H and O–H groups in total. The van der Waals surface area contributed by atoms with Crippen LogP contribution in [0, 0.1) is 13.8 Å². The number of carbonyl (C=O) groups is 2. The predicted molar refractivity (Wildman–Crippen MR) is 229 cm³/mol. The minimum absolute atomic E-state index is 0.0334. The van der Waals surface area contributed by atoms with Gasteiger partial charge in [-0.25, -0.2) is 4.57 Å². The molecule has 1 heterocycles. The Morgan fingerprint density at radius 3 is 1.81 bits per heavy atom. The molecule has 326 valence electrons. The number of phosphoric ester groups is 1. The van der Waals surface area contributed by atoms with E-state index in [2.05, 4.69) is 63.3 Å². The van der Waals surface area contributed by atoms with Crippen LogP contribution < -0.4 is 5.73 Å². The van der Waals surface area contributed by atoms with E-state index in [4.69, 9.17) is 33.8 Å². The Labute approximate surface area is 344 Å². The summed E-state index contributed by atoms with van der Waals surface area (Å²) in [5, 5.41) is 8.79. The lowest BCUT2D eigenvalue weighted by molar-refractivity contribution is -0.161. The highest BCUT2D eigenvalue weighted by Gasteiger charge is 2.26. The second kappa shape index (κ2) is 35.2. The Kier molecular flexibility index (Phi) is 32.2. The number of esters is 2. The molecule has 0 fully saturated rings. The molecule has 11 nitrogen and oxygen atoms in total. The SMILES string of the molecule is CCCc1oc(CCCCCCCCCCC(=O)O[C@H](COC(=O)CCC/C=C\C/C=C\C/C=C\C/C=C\CCCCCO)COP(=O)(O)OCCN)c(C)c1C. The molecule has 0 spiro atoms. The van der Waals surface area contributed by atoms with Gasteiger partial charge in [-0.1, -0.05) is 100 Å². The van der Waals surface area contributed by atoms with Crippen LogP contribution in [0.2, 0.25) is 0 Å². The summed E-state index contributed by atoms with van der Waals surface area (Å²) in [6, 6.07) is 0. The van der Waals surface area contributed by atoms with E-state index >= 15 is 0 Å². The van der Waals surface area contributed by atoms with Gasteiger partial charge in [-0.2, -0.15) is 0 Å². The molecule has 0 amide bonds. The molecule has 12 heteroatoms. The second-order valence-electron chi connectivity index (χ2n) is 14.5. The van der Waals surface area contributed by atoms with Crippen molar-refractivity contribution in [2.75, 3.05) is 33.0 Å². The molecule has 1 aromatic rings. The highest BCUT2D eigenvalue weighted by molar-refractivity contribution is 7.47. The normalized spacial score (nSPS) is 13.7. The lowest BCUT2D eigenvalue weighted by Gasteiger charge is -2.19. The van der Waals surface area contributed by atoms with Gasteiger partial charge in [0, 0.05) is 38.8 Å². The number of carbonyl (C=O) groups excluding carboxylic acids is 2. The van der Waals surface area contributed by atoms with Gasteiger partial charge in [-0.15, -0.1) is 0 Å². The van der Waals surface area contributed by atoms with Crippen LogP contribution in [-0.2, 0) is 45.5 Å². The number of rotatable bonds is 37. The molecule has 57 heavy (non-hydrogen) atoms. The van der Waals surface area contributed by atoms with Crippen molar-refractivity contribution in [3.05, 3.63) is 71.3 Å². The van der Waals surface area contributed by atoms with Crippen molar-refractivity contribution >= 4 is 19.8 Å². The van der Waals surface area contributed by atoms with Crippen molar-refractivity contribution in [2.24, 2.45) is 5.73 Å². The van der Waals surface area contributed by atoms with Crippen molar-refractivity contribution in [1.82, 2.24) is 0 Å². The van der Waals surface area contributed by atoms with Gasteiger partial charge in [0.15, 0.2) is 6.10 Å². The van der Waals surface area contributed by atoms with Gasteiger partial charge in [0.1, 0.15) is 18.1 Å². The fraction of sp³-hybridized carbons (Fsp3) is 0.689. The fourth-order valence-corrected chi connectivity index (χ4v) is 6.77. The fourth-order valence-electron chi connectivity index (χ4n) is 6.01. The van der Waals surface area contributed by atoms with Gasteiger partial charge in [0.05, 0.1) is 13.2 Å². The quantitative estimate of drug-likeness (QED) is 0.0253. The third-order valence-corrected chi connectivity index (χ3v) is 10.4. The van der Waals surface area contributed by atoms with Gasteiger partial charge in [-0.3, -0.25) is 18.6 Å². The summed E-state index contributed by atoms with van der Waals surface area (Å²) >= 11 is 0. The molecule has 0 saturated carbocycles. The van der Waals surface area contributed by atoms with Crippen LogP contribution in [0.1, 0.15) is 158 Å². The number of ether oxygens (including phenoxy) is 2. The third kappa shape index (κ3) is 29.1. The minimum Gasteiger partial charge on any atom is -0.466 e. The summed E-state index contributed by atoms with van der Waals surface area (Å²) in [4.78, 5) is 34.9. The Morgan fingerprint density at radius 2 is 1.21 bits per heavy atom. The van der Waals surface area contributed by atoms with Crippen LogP contribution in [0.4, 0.5) is 0 Å². The molecule has 1 unspecified atom stereocenters. The molecule has 1 aromatic heterocycles. The van der Waals surface area contributed by atoms with Crippen LogP contribution in [0.25, 0.3) is 0 Å². The first-order chi connectivity index (χ1) is 27.6. The highest BCUT2D eigenvalue weighted by atomic mass is 31.2. The predicted octanol–water partition coefficient (Wildman–Crippen LogP) is 10.6. The summed E-state index contributed by atoms with van der Waals surface area (Å²) in [6.07, 6.45) is 35.8. The van der Waals surface area contributed by atoms with Crippen molar-refractivity contribution in [1.29, 1.82) is 0 Å². The van der Waals surface area contributed by atoms with E-state index in [1.807, 2.05) is 6.08 Å². The number of phosphoric acid groups is 1. The summed E-state index contributed by atoms with van der Waals surface area (Å²) in [6.45, 7) is 5.87. The van der Waals surface area contributed by atoms with E-state index in [1.165, 1.54) is 24.0 Å². The maximum absolute atomic E-state index is 12.6. The average molecular weight is 822 g/mol. The zero-order chi connectivity index (χ0) is 41.8. The van der Waals surface area contributed by atoms with Gasteiger partial charge < -0.3 is 29.6 Å². The number of nitrogens with two attached hydrogens (primary N) is 1. The van der Waals surface area contributed by atoms with Crippen LogP contribution >= 0.6 is 7.82 Å². The summed E-state index contributed by atoms with van der Waals surface area (Å²) in [7, 11) is -4.41. The zero-order valence-corrected chi connectivity index (χ0v) is 36.4. The maximum Gasteiger partial charge on any atom is 0.472 e. The highest BCUT2D eigenvalue weighted by Crippen LogP contribution is 2.43. The number of furan rings is 1. The van der Waals surface area contributed by atoms with Crippen molar-refractivity contribution in [3.8, 4) is 0 Å². The molecule has 0 saturated heterocycles. The lowest BCUT2D eigenvalue weighted by Crippen LogP contribution is -2.29. The van der Waals surface area contributed by atoms with Gasteiger partial charge >= 0.3 is 19.8 Å². The second-order valence-corrected chi connectivity index (χ2v) is 16.0. The summed E-state index contributed by atoms with van der Waals surface area (Å²) in [5.41, 5.74) is 7.95. The Morgan fingerprint density at radius 1 is 0.684 bits per heavy atom. The van der Waals surface area contributed by atoms with Crippen LogP contribution in [0.15, 0.2) is 53.0 Å². The van der Waals surface area contributed by atoms with Crippen LogP contribution in [0.3, 0.4) is 0 Å².